The molecule has 0 heterocycles. The van der Waals surface area contributed by atoms with E-state index >= 15 is 0 Å². The number of carbonyl (C=O) groups excluding carboxylic acids is 1. The Morgan fingerprint density at radius 2 is 2.04 bits per heavy atom. The van der Waals surface area contributed by atoms with E-state index in [0.717, 1.165) is 24.9 Å². The fourth-order valence-electron chi connectivity index (χ4n) is 1.85. The van der Waals surface area contributed by atoms with Gasteiger partial charge < -0.3 is 15.5 Å². The maximum Gasteiger partial charge on any atom is 0.241 e. The molecular weight excluding hydrogens is 295 g/mol. The van der Waals surface area contributed by atoms with Gasteiger partial charge >= 0.3 is 0 Å². The van der Waals surface area contributed by atoms with Crippen LogP contribution >= 0.6 is 0 Å². The lowest BCUT2D eigenvalue weighted by Crippen LogP contribution is -2.43. The summed E-state index contributed by atoms with van der Waals surface area (Å²) < 4.78 is 13.3. The Hall–Kier alpha value is -2.11. The number of likely N-dealkylation sites (N-methyl/N-ethyl adjacent to an activating group) is 1. The van der Waals surface area contributed by atoms with E-state index in [1.54, 1.807) is 33.2 Å². The fourth-order valence-corrected chi connectivity index (χ4v) is 1.85. The van der Waals surface area contributed by atoms with Crippen LogP contribution in [-0.2, 0) is 11.3 Å². The Bertz CT molecular complexity index is 543. The van der Waals surface area contributed by atoms with Gasteiger partial charge in [0.25, 0.3) is 0 Å². The molecule has 0 aliphatic carbocycles. The molecule has 0 aliphatic rings. The highest BCUT2D eigenvalue weighted by Crippen LogP contribution is 2.09. The highest BCUT2D eigenvalue weighted by Gasteiger charge is 2.06. The summed E-state index contributed by atoms with van der Waals surface area (Å²) in [5, 5.41) is 6.23. The number of halogens is 1. The first-order valence-corrected chi connectivity index (χ1v) is 7.91. The van der Waals surface area contributed by atoms with Gasteiger partial charge in [0.1, 0.15) is 5.82 Å². The summed E-state index contributed by atoms with van der Waals surface area (Å²) in [6.07, 6.45) is 2.10. The van der Waals surface area contributed by atoms with E-state index in [2.05, 4.69) is 22.5 Å². The molecule has 0 aliphatic heterocycles. The number of amides is 1. The van der Waals surface area contributed by atoms with Crippen molar-refractivity contribution in [3.8, 4) is 0 Å². The highest BCUT2D eigenvalue weighted by atomic mass is 19.1. The number of rotatable bonds is 7. The van der Waals surface area contributed by atoms with E-state index < -0.39 is 0 Å². The van der Waals surface area contributed by atoms with Gasteiger partial charge in [-0.2, -0.15) is 0 Å². The van der Waals surface area contributed by atoms with Gasteiger partial charge in [-0.05, 0) is 30.5 Å². The summed E-state index contributed by atoms with van der Waals surface area (Å²) in [6, 6.07) is 4.96. The zero-order valence-corrected chi connectivity index (χ0v) is 14.4. The minimum Gasteiger partial charge on any atom is -0.356 e. The highest BCUT2D eigenvalue weighted by molar-refractivity contribution is 5.86. The van der Waals surface area contributed by atoms with E-state index in [0.29, 0.717) is 18.1 Å². The number of guanidine groups is 1. The van der Waals surface area contributed by atoms with Crippen LogP contribution in [0.4, 0.5) is 4.39 Å². The number of nitrogens with zero attached hydrogens (tertiary/aromatic N) is 2. The maximum absolute atomic E-state index is 13.3. The zero-order valence-electron chi connectivity index (χ0n) is 14.4. The van der Waals surface area contributed by atoms with E-state index in [1.165, 1.54) is 11.0 Å². The summed E-state index contributed by atoms with van der Waals surface area (Å²) in [4.78, 5) is 17.7. The van der Waals surface area contributed by atoms with Gasteiger partial charge in [-0.15, -0.1) is 0 Å². The van der Waals surface area contributed by atoms with Crippen molar-refractivity contribution in [2.75, 3.05) is 27.2 Å². The minimum absolute atomic E-state index is 0.0207. The summed E-state index contributed by atoms with van der Waals surface area (Å²) in [5.74, 6) is 0.358. The molecule has 0 atom stereocenters. The van der Waals surface area contributed by atoms with Gasteiger partial charge in [0.2, 0.25) is 5.91 Å². The van der Waals surface area contributed by atoms with Crippen molar-refractivity contribution in [1.82, 2.24) is 15.5 Å². The van der Waals surface area contributed by atoms with E-state index in [9.17, 15) is 9.18 Å². The van der Waals surface area contributed by atoms with Crippen molar-refractivity contribution in [2.45, 2.75) is 33.2 Å². The molecule has 128 valence electrons. The summed E-state index contributed by atoms with van der Waals surface area (Å²) in [7, 11) is 3.43. The lowest BCUT2D eigenvalue weighted by atomic mass is 10.1. The second-order valence-corrected chi connectivity index (χ2v) is 5.67. The molecule has 1 aromatic rings. The molecule has 0 bridgehead atoms. The van der Waals surface area contributed by atoms with Gasteiger partial charge in [0, 0.05) is 20.6 Å². The van der Waals surface area contributed by atoms with Gasteiger partial charge in [-0.25, -0.2) is 9.38 Å². The molecule has 0 saturated heterocycles. The van der Waals surface area contributed by atoms with Crippen LogP contribution in [0.1, 0.15) is 30.9 Å². The van der Waals surface area contributed by atoms with Crippen LogP contribution in [0, 0.1) is 12.7 Å². The summed E-state index contributed by atoms with van der Waals surface area (Å²) in [6.45, 7) is 5.26. The van der Waals surface area contributed by atoms with Crippen molar-refractivity contribution >= 4 is 11.9 Å². The van der Waals surface area contributed by atoms with E-state index in [1.807, 2.05) is 0 Å². The molecule has 0 spiro atoms. The first kappa shape index (κ1) is 18.9. The van der Waals surface area contributed by atoms with Crippen LogP contribution < -0.4 is 10.6 Å². The number of unbranched alkanes of at least 4 members (excludes halogenated alkanes) is 1. The molecule has 0 radical (unpaired) electrons. The number of hydrogen-bond donors (Lipinski definition) is 2. The molecule has 1 rings (SSSR count). The monoisotopic (exact) mass is 322 g/mol. The van der Waals surface area contributed by atoms with Crippen molar-refractivity contribution < 1.29 is 9.18 Å². The number of aliphatic imine (C=N–C) groups is 1. The third-order valence-corrected chi connectivity index (χ3v) is 3.37. The largest absolute Gasteiger partial charge is 0.356 e. The lowest BCUT2D eigenvalue weighted by Gasteiger charge is -2.15. The molecule has 1 aromatic carbocycles. The normalized spacial score (nSPS) is 11.3. The van der Waals surface area contributed by atoms with E-state index in [4.69, 9.17) is 0 Å². The third-order valence-electron chi connectivity index (χ3n) is 3.37. The molecule has 5 nitrogen and oxygen atoms in total. The van der Waals surface area contributed by atoms with Crippen molar-refractivity contribution in [1.29, 1.82) is 0 Å². The summed E-state index contributed by atoms with van der Waals surface area (Å²) in [5.41, 5.74) is 1.54. The smallest absolute Gasteiger partial charge is 0.241 e. The first-order chi connectivity index (χ1) is 10.9. The topological polar surface area (TPSA) is 56.7 Å². The SMILES string of the molecule is CCCCNC(=NCc1ccc(F)c(C)c1)NCC(=O)N(C)C. The lowest BCUT2D eigenvalue weighted by molar-refractivity contribution is -0.127. The van der Waals surface area contributed by atoms with Crippen molar-refractivity contribution in [3.63, 3.8) is 0 Å². The van der Waals surface area contributed by atoms with Crippen LogP contribution in [0.5, 0.6) is 0 Å². The quantitative estimate of drug-likeness (QED) is 0.459. The first-order valence-electron chi connectivity index (χ1n) is 7.91. The second-order valence-electron chi connectivity index (χ2n) is 5.67. The van der Waals surface area contributed by atoms with Crippen LogP contribution in [0.3, 0.4) is 0 Å². The van der Waals surface area contributed by atoms with Crippen LogP contribution in [0.2, 0.25) is 0 Å². The molecule has 0 unspecified atom stereocenters. The molecular formula is C17H27FN4O. The van der Waals surface area contributed by atoms with Gasteiger partial charge in [0.15, 0.2) is 5.96 Å². The second kappa shape index (κ2) is 9.82. The zero-order chi connectivity index (χ0) is 17.2. The van der Waals surface area contributed by atoms with Crippen molar-refractivity contribution in [3.05, 3.63) is 35.1 Å². The number of aryl methyl sites for hydroxylation is 1. The van der Waals surface area contributed by atoms with Crippen LogP contribution in [-0.4, -0.2) is 44.0 Å². The fraction of sp³-hybridized carbons (Fsp3) is 0.529. The van der Waals surface area contributed by atoms with E-state index in [-0.39, 0.29) is 18.3 Å². The van der Waals surface area contributed by atoms with Gasteiger partial charge in [0.05, 0.1) is 13.1 Å². The average molecular weight is 322 g/mol. The van der Waals surface area contributed by atoms with Gasteiger partial charge in [-0.1, -0.05) is 25.5 Å². The molecule has 6 heteroatoms. The molecule has 0 aromatic heterocycles. The minimum atomic E-state index is -0.214. The number of nitrogens with one attached hydrogen (secondary N) is 2. The Kier molecular flexibility index (Phi) is 8.08. The number of carbonyl (C=O) groups is 1. The van der Waals surface area contributed by atoms with Crippen molar-refractivity contribution in [2.24, 2.45) is 4.99 Å². The predicted molar refractivity (Wildman–Crippen MR) is 91.9 cm³/mol. The predicted octanol–water partition coefficient (Wildman–Crippen LogP) is 2.06. The molecule has 0 saturated carbocycles. The molecule has 0 fully saturated rings. The molecule has 23 heavy (non-hydrogen) atoms. The molecule has 1 amide bonds. The van der Waals surface area contributed by atoms with Crippen LogP contribution in [0.25, 0.3) is 0 Å². The van der Waals surface area contributed by atoms with Crippen LogP contribution in [0.15, 0.2) is 23.2 Å². The third kappa shape index (κ3) is 7.13. The molecule has 2 N–H and O–H groups in total. The summed E-state index contributed by atoms with van der Waals surface area (Å²) >= 11 is 0. The number of benzene rings is 1. The Labute approximate surface area is 138 Å². The standard InChI is InChI=1S/C17H27FN4O/c1-5-6-9-19-17(21-12-16(23)22(3)4)20-11-14-7-8-15(18)13(2)10-14/h7-8,10H,5-6,9,11-12H2,1-4H3,(H2,19,20,21). The Morgan fingerprint density at radius 1 is 1.30 bits per heavy atom. The maximum atomic E-state index is 13.3. The Morgan fingerprint density at radius 3 is 2.65 bits per heavy atom. The average Bonchev–Trinajstić information content (AvgIpc) is 2.52. The van der Waals surface area contributed by atoms with Gasteiger partial charge in [-0.3, -0.25) is 4.79 Å². The number of hydrogen-bond acceptors (Lipinski definition) is 2. The Balaban J connectivity index is 2.68.